The molecule has 4 rings (SSSR count). The third-order valence-electron chi connectivity index (χ3n) is 10.6. The van der Waals surface area contributed by atoms with E-state index in [9.17, 15) is 0 Å². The van der Waals surface area contributed by atoms with Crippen LogP contribution in [0.15, 0.2) is 4.99 Å². The first-order valence-electron chi connectivity index (χ1n) is 14.0. The highest BCUT2D eigenvalue weighted by molar-refractivity contribution is 5.75. The molecule has 1 nitrogen and oxygen atoms in total. The van der Waals surface area contributed by atoms with Crippen LogP contribution in [0.4, 0.5) is 0 Å². The molecule has 0 bridgehead atoms. The number of aliphatic imine (C=N–C) groups is 1. The Morgan fingerprint density at radius 1 is 0.625 bits per heavy atom. The minimum atomic E-state index is 0. The van der Waals surface area contributed by atoms with Gasteiger partial charge >= 0.3 is 0 Å². The first-order chi connectivity index (χ1) is 14.5. The van der Waals surface area contributed by atoms with E-state index in [2.05, 4.69) is 32.5 Å². The van der Waals surface area contributed by atoms with Crippen molar-refractivity contribution in [1.29, 1.82) is 0 Å². The van der Waals surface area contributed by atoms with E-state index in [1.54, 1.807) is 44.9 Å². The summed E-state index contributed by atoms with van der Waals surface area (Å²) >= 11 is 0. The molecule has 0 spiro atoms. The molecule has 2 atom stereocenters. The minimum Gasteiger partial charge on any atom is -0.297 e. The SMILES string of the molecule is C.C=NC1C(C)CC(C2CCC(CC3CCC(C4CCC(C)CC4)CC3)CC2)CC1C.[2HH].[B]. The van der Waals surface area contributed by atoms with Crippen molar-refractivity contribution in [3.63, 3.8) is 0 Å². The molecule has 0 saturated heterocycles. The zero-order valence-corrected chi connectivity index (χ0v) is 21.1. The summed E-state index contributed by atoms with van der Waals surface area (Å²) in [7, 11) is 0. The maximum Gasteiger partial charge on any atom is 0.0543 e. The predicted molar refractivity (Wildman–Crippen MR) is 146 cm³/mol. The summed E-state index contributed by atoms with van der Waals surface area (Å²) in [5.74, 6) is 8.80. The van der Waals surface area contributed by atoms with Gasteiger partial charge in [-0.3, -0.25) is 4.99 Å². The lowest BCUT2D eigenvalue weighted by Crippen LogP contribution is -2.37. The smallest absolute Gasteiger partial charge is 0.0543 e. The van der Waals surface area contributed by atoms with Gasteiger partial charge in [-0.15, -0.1) is 0 Å². The van der Waals surface area contributed by atoms with Gasteiger partial charge in [0, 0.05) is 9.84 Å². The highest BCUT2D eigenvalue weighted by Crippen LogP contribution is 2.47. The van der Waals surface area contributed by atoms with Gasteiger partial charge < -0.3 is 0 Å². The van der Waals surface area contributed by atoms with Crippen molar-refractivity contribution in [3.8, 4) is 0 Å². The normalized spacial score (nSPS) is 45.2. The Kier molecular flexibility index (Phi) is 11.4. The molecule has 0 aromatic carbocycles. The third-order valence-corrected chi connectivity index (χ3v) is 10.6. The van der Waals surface area contributed by atoms with Crippen LogP contribution in [0, 0.1) is 53.3 Å². The Hall–Kier alpha value is -0.265. The molecule has 2 heteroatoms. The van der Waals surface area contributed by atoms with Gasteiger partial charge in [0.1, 0.15) is 0 Å². The molecular weight excluding hydrogens is 385 g/mol. The van der Waals surface area contributed by atoms with E-state index in [1.165, 1.54) is 51.4 Å². The summed E-state index contributed by atoms with van der Waals surface area (Å²) in [5.41, 5.74) is 0. The van der Waals surface area contributed by atoms with E-state index in [1.807, 2.05) is 0 Å². The number of nitrogens with zero attached hydrogens (tertiary/aromatic N) is 1. The summed E-state index contributed by atoms with van der Waals surface area (Å²) < 4.78 is 0. The molecule has 3 radical (unpaired) electrons. The summed E-state index contributed by atoms with van der Waals surface area (Å²) in [4.78, 5) is 4.45. The van der Waals surface area contributed by atoms with E-state index in [0.29, 0.717) is 6.04 Å². The van der Waals surface area contributed by atoms with Gasteiger partial charge in [0.15, 0.2) is 0 Å². The van der Waals surface area contributed by atoms with Crippen molar-refractivity contribution in [2.24, 2.45) is 58.3 Å². The van der Waals surface area contributed by atoms with Crippen molar-refractivity contribution in [2.75, 3.05) is 0 Å². The Labute approximate surface area is 205 Å². The fourth-order valence-corrected chi connectivity index (χ4v) is 8.66. The maximum atomic E-state index is 4.45. The van der Waals surface area contributed by atoms with Crippen LogP contribution in [0.1, 0.15) is 126 Å². The molecule has 0 aromatic rings. The van der Waals surface area contributed by atoms with E-state index >= 15 is 0 Å². The Balaban J connectivity index is 0.00000181. The van der Waals surface area contributed by atoms with E-state index in [4.69, 9.17) is 0 Å². The molecule has 0 aliphatic heterocycles. The Morgan fingerprint density at radius 2 is 1.00 bits per heavy atom. The zero-order chi connectivity index (χ0) is 21.1. The van der Waals surface area contributed by atoms with E-state index < -0.39 is 0 Å². The van der Waals surface area contributed by atoms with Crippen LogP contribution in [0.3, 0.4) is 0 Å². The molecule has 0 amide bonds. The number of hydrogen-bond donors (Lipinski definition) is 0. The molecule has 0 heterocycles. The van der Waals surface area contributed by atoms with Gasteiger partial charge in [-0.05, 0) is 118 Å². The van der Waals surface area contributed by atoms with E-state index in [-0.39, 0.29) is 17.3 Å². The lowest BCUT2D eigenvalue weighted by Gasteiger charge is -2.43. The Bertz CT molecular complexity index is 517. The standard InChI is InChI=1S/C29H51N.CH4.B.H2/c1-20-5-11-25(12-6-20)26-13-7-23(8-14-26)19-24-9-15-27(16-10-24)28-17-21(2)29(30-4)22(3)18-28;;;/h20-29H,4-19H2,1-3H3;1H4;;1H/i;;;1+1. The maximum absolute atomic E-state index is 4.45. The highest BCUT2D eigenvalue weighted by Gasteiger charge is 2.38. The first kappa shape index (κ1) is 28.0. The number of hydrogen-bond acceptors (Lipinski definition) is 1. The summed E-state index contributed by atoms with van der Waals surface area (Å²) in [6.45, 7) is 11.2. The molecule has 32 heavy (non-hydrogen) atoms. The second kappa shape index (κ2) is 13.0. The molecule has 4 aliphatic rings. The molecule has 4 saturated carbocycles. The molecule has 0 N–H and O–H groups in total. The van der Waals surface area contributed by atoms with Crippen molar-refractivity contribution in [3.05, 3.63) is 0 Å². The topological polar surface area (TPSA) is 12.4 Å². The largest absolute Gasteiger partial charge is 0.297 e. The van der Waals surface area contributed by atoms with Gasteiger partial charge in [0.05, 0.1) is 6.04 Å². The van der Waals surface area contributed by atoms with Crippen LogP contribution < -0.4 is 0 Å². The zero-order valence-electron chi connectivity index (χ0n) is 21.1. The van der Waals surface area contributed by atoms with Crippen LogP contribution in [-0.4, -0.2) is 21.2 Å². The fourth-order valence-electron chi connectivity index (χ4n) is 8.66. The van der Waals surface area contributed by atoms with Crippen molar-refractivity contribution < 1.29 is 1.43 Å². The minimum absolute atomic E-state index is 0. The molecule has 2 unspecified atom stereocenters. The van der Waals surface area contributed by atoms with Gasteiger partial charge in [0.2, 0.25) is 0 Å². The quantitative estimate of drug-likeness (QED) is 0.297. The Morgan fingerprint density at radius 3 is 1.41 bits per heavy atom. The highest BCUT2D eigenvalue weighted by atomic mass is 14.8. The molecule has 4 fully saturated rings. The first-order valence-corrected chi connectivity index (χ1v) is 14.0. The van der Waals surface area contributed by atoms with Crippen LogP contribution in [0.2, 0.25) is 0 Å². The molecule has 185 valence electrons. The summed E-state index contributed by atoms with van der Waals surface area (Å²) in [5, 5.41) is 0. The number of rotatable bonds is 5. The van der Waals surface area contributed by atoms with Crippen molar-refractivity contribution in [2.45, 2.75) is 131 Å². The van der Waals surface area contributed by atoms with Gasteiger partial charge in [-0.1, -0.05) is 66.7 Å². The summed E-state index contributed by atoms with van der Waals surface area (Å²) in [6.07, 6.45) is 22.9. The molecule has 4 aliphatic carbocycles. The van der Waals surface area contributed by atoms with Crippen LogP contribution >= 0.6 is 0 Å². The van der Waals surface area contributed by atoms with Gasteiger partial charge in [-0.2, -0.15) is 0 Å². The lowest BCUT2D eigenvalue weighted by atomic mass is 9.64. The second-order valence-electron chi connectivity index (χ2n) is 12.7. The average molecular weight is 444 g/mol. The third kappa shape index (κ3) is 6.88. The second-order valence-corrected chi connectivity index (χ2v) is 12.7. The van der Waals surface area contributed by atoms with Crippen molar-refractivity contribution in [1.82, 2.24) is 0 Å². The van der Waals surface area contributed by atoms with Gasteiger partial charge in [0.25, 0.3) is 0 Å². The lowest BCUT2D eigenvalue weighted by molar-refractivity contribution is 0.0924. The van der Waals surface area contributed by atoms with Crippen molar-refractivity contribution >= 4 is 15.1 Å². The van der Waals surface area contributed by atoms with Crippen LogP contribution in [-0.2, 0) is 0 Å². The van der Waals surface area contributed by atoms with Crippen LogP contribution in [0.25, 0.3) is 0 Å². The monoisotopic (exact) mass is 443 g/mol. The van der Waals surface area contributed by atoms with Crippen LogP contribution in [0.5, 0.6) is 0 Å². The predicted octanol–water partition coefficient (Wildman–Crippen LogP) is 9.07. The van der Waals surface area contributed by atoms with Gasteiger partial charge in [-0.25, -0.2) is 0 Å². The molecule has 0 aromatic heterocycles. The molecular formula is C30H57BN. The average Bonchev–Trinajstić information content (AvgIpc) is 2.75. The fraction of sp³-hybridized carbons (Fsp3) is 0.967. The summed E-state index contributed by atoms with van der Waals surface area (Å²) in [6, 6.07) is 0.518. The van der Waals surface area contributed by atoms with E-state index in [0.717, 1.165) is 53.3 Å².